The van der Waals surface area contributed by atoms with E-state index in [0.717, 1.165) is 36.4 Å². The highest BCUT2D eigenvalue weighted by Gasteiger charge is 2.31. The lowest BCUT2D eigenvalue weighted by Gasteiger charge is -2.26. The van der Waals surface area contributed by atoms with Crippen molar-refractivity contribution in [2.45, 2.75) is 30.6 Å². The van der Waals surface area contributed by atoms with E-state index in [1.807, 2.05) is 40.6 Å². The number of benzene rings is 1. The molecule has 5 rings (SSSR count). The third-order valence-corrected chi connectivity index (χ3v) is 7.04. The Kier molecular flexibility index (Phi) is 5.58. The van der Waals surface area contributed by atoms with Gasteiger partial charge in [0.2, 0.25) is 11.1 Å². The molecule has 2 aromatic heterocycles. The highest BCUT2D eigenvalue weighted by atomic mass is 32.2. The molecule has 1 fully saturated rings. The van der Waals surface area contributed by atoms with Crippen molar-refractivity contribution in [2.24, 2.45) is 0 Å². The maximum absolute atomic E-state index is 13.0. The number of hydrogen-bond donors (Lipinski definition) is 0. The van der Waals surface area contributed by atoms with Crippen molar-refractivity contribution >= 4 is 29.0 Å². The summed E-state index contributed by atoms with van der Waals surface area (Å²) in [6, 6.07) is 10.1. The minimum absolute atomic E-state index is 0.0658. The number of rotatable bonds is 6. The number of carbonyl (C=O) groups is 1. The first-order valence-electron chi connectivity index (χ1n) is 9.88. The number of amides is 1. The molecule has 2 aliphatic rings. The zero-order chi connectivity index (χ0) is 20.3. The molecule has 8 nitrogen and oxygen atoms in total. The van der Waals surface area contributed by atoms with Crippen LogP contribution in [0.3, 0.4) is 0 Å². The Hall–Kier alpha value is -2.59. The van der Waals surface area contributed by atoms with Gasteiger partial charge in [-0.15, -0.1) is 16.4 Å². The van der Waals surface area contributed by atoms with Crippen molar-refractivity contribution < 1.29 is 14.3 Å². The van der Waals surface area contributed by atoms with E-state index in [0.29, 0.717) is 30.7 Å². The molecule has 0 unspecified atom stereocenters. The molecule has 10 heteroatoms. The zero-order valence-corrected chi connectivity index (χ0v) is 17.9. The van der Waals surface area contributed by atoms with Gasteiger partial charge in [0.05, 0.1) is 18.3 Å². The number of carbonyl (C=O) groups excluding carboxylic acids is 1. The quantitative estimate of drug-likeness (QED) is 0.542. The van der Waals surface area contributed by atoms with Crippen LogP contribution in [0.25, 0.3) is 0 Å². The molecule has 0 N–H and O–H groups in total. The summed E-state index contributed by atoms with van der Waals surface area (Å²) in [6.07, 6.45) is 1.94. The largest absolute Gasteiger partial charge is 0.486 e. The summed E-state index contributed by atoms with van der Waals surface area (Å²) in [5, 5.41) is 14.6. The van der Waals surface area contributed by atoms with E-state index < -0.39 is 0 Å². The Bertz CT molecular complexity index is 1020. The summed E-state index contributed by atoms with van der Waals surface area (Å²) >= 11 is 3.05. The molecule has 4 heterocycles. The number of thioether (sulfide) groups is 1. The maximum atomic E-state index is 13.0. The Morgan fingerprint density at radius 1 is 1.23 bits per heavy atom. The Labute approximate surface area is 182 Å². The summed E-state index contributed by atoms with van der Waals surface area (Å²) in [6.45, 7) is 2.51. The van der Waals surface area contributed by atoms with Crippen LogP contribution in [0.1, 0.15) is 29.3 Å². The Morgan fingerprint density at radius 2 is 2.13 bits per heavy atom. The first kappa shape index (κ1) is 19.4. The molecule has 0 bridgehead atoms. The fourth-order valence-electron chi connectivity index (χ4n) is 3.84. The van der Waals surface area contributed by atoms with Gasteiger partial charge in [0.25, 0.3) is 0 Å². The van der Waals surface area contributed by atoms with Crippen LogP contribution in [0, 0.1) is 0 Å². The van der Waals surface area contributed by atoms with Crippen molar-refractivity contribution in [3.05, 3.63) is 46.2 Å². The molecule has 3 aromatic rings. The van der Waals surface area contributed by atoms with Crippen LogP contribution >= 0.6 is 23.1 Å². The fraction of sp³-hybridized carbons (Fsp3) is 0.400. The maximum Gasteiger partial charge on any atom is 0.233 e. The van der Waals surface area contributed by atoms with Crippen molar-refractivity contribution in [2.75, 3.05) is 25.5 Å². The first-order chi connectivity index (χ1) is 14.8. The van der Waals surface area contributed by atoms with E-state index in [9.17, 15) is 4.79 Å². The standard InChI is InChI=1S/C20H21N5O3S2/c26-19(13-30-20-21-22-23-25(20)12-15-3-2-10-29-15)24-7-1-4-16(24)14-5-6-17-18(11-14)28-9-8-27-17/h2-3,5-6,10-11,16H,1,4,7-9,12-13H2/t16-/m1/s1. The second-order valence-corrected chi connectivity index (χ2v) is 9.11. The number of hydrogen-bond acceptors (Lipinski definition) is 8. The summed E-state index contributed by atoms with van der Waals surface area (Å²) in [5.74, 6) is 1.95. The zero-order valence-electron chi connectivity index (χ0n) is 16.3. The number of ether oxygens (including phenoxy) is 2. The Morgan fingerprint density at radius 3 is 3.00 bits per heavy atom. The van der Waals surface area contributed by atoms with Crippen LogP contribution in [0.2, 0.25) is 0 Å². The third-order valence-electron chi connectivity index (χ3n) is 5.23. The second kappa shape index (κ2) is 8.65. The van der Waals surface area contributed by atoms with Gasteiger partial charge >= 0.3 is 0 Å². The molecule has 0 radical (unpaired) electrons. The minimum Gasteiger partial charge on any atom is -0.486 e. The number of fused-ring (bicyclic) bond motifs is 1. The molecule has 1 amide bonds. The van der Waals surface area contributed by atoms with Crippen LogP contribution in [-0.2, 0) is 11.3 Å². The van der Waals surface area contributed by atoms with Gasteiger partial charge < -0.3 is 14.4 Å². The van der Waals surface area contributed by atoms with Gasteiger partial charge in [0.1, 0.15) is 13.2 Å². The first-order valence-corrected chi connectivity index (χ1v) is 11.7. The van der Waals surface area contributed by atoms with Crippen LogP contribution in [0.4, 0.5) is 0 Å². The number of nitrogens with zero attached hydrogens (tertiary/aromatic N) is 5. The predicted octanol–water partition coefficient (Wildman–Crippen LogP) is 3.01. The molecule has 30 heavy (non-hydrogen) atoms. The number of likely N-dealkylation sites (tertiary alicyclic amines) is 1. The smallest absolute Gasteiger partial charge is 0.233 e. The third kappa shape index (κ3) is 4.01. The molecule has 1 aromatic carbocycles. The van der Waals surface area contributed by atoms with E-state index in [4.69, 9.17) is 9.47 Å². The average molecular weight is 444 g/mol. The van der Waals surface area contributed by atoms with Crippen molar-refractivity contribution in [1.29, 1.82) is 0 Å². The lowest BCUT2D eigenvalue weighted by Crippen LogP contribution is -2.32. The number of tetrazole rings is 1. The van der Waals surface area contributed by atoms with E-state index in [-0.39, 0.29) is 11.9 Å². The van der Waals surface area contributed by atoms with Gasteiger partial charge in [-0.1, -0.05) is 23.9 Å². The van der Waals surface area contributed by atoms with Crippen molar-refractivity contribution in [1.82, 2.24) is 25.1 Å². The van der Waals surface area contributed by atoms with Gasteiger partial charge in [0.15, 0.2) is 11.5 Å². The highest BCUT2D eigenvalue weighted by molar-refractivity contribution is 7.99. The van der Waals surface area contributed by atoms with Crippen LogP contribution in [-0.4, -0.2) is 56.5 Å². The predicted molar refractivity (Wildman–Crippen MR) is 113 cm³/mol. The molecular weight excluding hydrogens is 422 g/mol. The molecule has 0 spiro atoms. The normalized spacial score (nSPS) is 18.0. The summed E-state index contributed by atoms with van der Waals surface area (Å²) < 4.78 is 13.1. The molecule has 1 saturated heterocycles. The van der Waals surface area contributed by atoms with Gasteiger partial charge in [-0.3, -0.25) is 4.79 Å². The average Bonchev–Trinajstić information content (AvgIpc) is 3.54. The van der Waals surface area contributed by atoms with Crippen LogP contribution in [0.15, 0.2) is 40.9 Å². The monoisotopic (exact) mass is 443 g/mol. The topological polar surface area (TPSA) is 82.4 Å². The van der Waals surface area contributed by atoms with Crippen LogP contribution < -0.4 is 9.47 Å². The summed E-state index contributed by atoms with van der Waals surface area (Å²) in [7, 11) is 0. The van der Waals surface area contributed by atoms with E-state index in [1.165, 1.54) is 16.6 Å². The SMILES string of the molecule is O=C(CSc1nnnn1Cc1cccs1)N1CCC[C@@H]1c1ccc2c(c1)OCCO2. The second-order valence-electron chi connectivity index (χ2n) is 7.14. The molecule has 2 aliphatic heterocycles. The van der Waals surface area contributed by atoms with E-state index in [2.05, 4.69) is 15.5 Å². The Balaban J connectivity index is 1.25. The lowest BCUT2D eigenvalue weighted by atomic mass is 10.0. The molecule has 156 valence electrons. The summed E-state index contributed by atoms with van der Waals surface area (Å²) in [5.41, 5.74) is 1.10. The fourth-order valence-corrected chi connectivity index (χ4v) is 5.29. The highest BCUT2D eigenvalue weighted by Crippen LogP contribution is 2.38. The molecule has 1 atom stereocenters. The van der Waals surface area contributed by atoms with Crippen LogP contribution in [0.5, 0.6) is 11.5 Å². The number of aromatic nitrogens is 4. The summed E-state index contributed by atoms with van der Waals surface area (Å²) in [4.78, 5) is 16.2. The van der Waals surface area contributed by atoms with Gasteiger partial charge in [0, 0.05) is 11.4 Å². The van der Waals surface area contributed by atoms with Crippen molar-refractivity contribution in [3.63, 3.8) is 0 Å². The van der Waals surface area contributed by atoms with Gasteiger partial charge in [-0.25, -0.2) is 4.68 Å². The lowest BCUT2D eigenvalue weighted by molar-refractivity contribution is -0.129. The van der Waals surface area contributed by atoms with Gasteiger partial charge in [-0.05, 0) is 52.4 Å². The molecular formula is C20H21N5O3S2. The molecule has 0 saturated carbocycles. The number of thiophene rings is 1. The van der Waals surface area contributed by atoms with Crippen molar-refractivity contribution in [3.8, 4) is 11.5 Å². The van der Waals surface area contributed by atoms with E-state index in [1.54, 1.807) is 16.0 Å². The minimum atomic E-state index is 0.0658. The van der Waals surface area contributed by atoms with Gasteiger partial charge in [-0.2, -0.15) is 0 Å². The van der Waals surface area contributed by atoms with E-state index >= 15 is 0 Å². The molecule has 0 aliphatic carbocycles.